The number of nitrogens with zero attached hydrogens (tertiary/aromatic N) is 2. The molecule has 3 rings (SSSR count). The summed E-state index contributed by atoms with van der Waals surface area (Å²) in [4.78, 5) is 4.47. The zero-order chi connectivity index (χ0) is 16.9. The largest absolute Gasteiger partial charge is 0.488 e. The van der Waals surface area contributed by atoms with Crippen LogP contribution in [0, 0.1) is 6.92 Å². The Morgan fingerprint density at radius 3 is 2.79 bits per heavy atom. The quantitative estimate of drug-likeness (QED) is 0.590. The van der Waals surface area contributed by atoms with Crippen molar-refractivity contribution in [2.45, 2.75) is 13.8 Å². The van der Waals surface area contributed by atoms with Crippen LogP contribution in [-0.4, -0.2) is 16.7 Å². The van der Waals surface area contributed by atoms with Gasteiger partial charge < -0.3 is 9.26 Å². The first-order valence-corrected chi connectivity index (χ1v) is 8.00. The normalized spacial score (nSPS) is 11.1. The SMILES string of the molecule is CC=CCOc1ccc(-c2noc(-c3ccccc3C)n2)cc1Cl. The van der Waals surface area contributed by atoms with Gasteiger partial charge >= 0.3 is 0 Å². The maximum atomic E-state index is 6.27. The number of benzene rings is 2. The highest BCUT2D eigenvalue weighted by atomic mass is 35.5. The van der Waals surface area contributed by atoms with Crippen LogP contribution in [0.15, 0.2) is 59.1 Å². The monoisotopic (exact) mass is 340 g/mol. The van der Waals surface area contributed by atoms with Gasteiger partial charge in [-0.1, -0.05) is 47.1 Å². The summed E-state index contributed by atoms with van der Waals surface area (Å²) in [5.41, 5.74) is 2.79. The molecule has 0 saturated heterocycles. The van der Waals surface area contributed by atoms with Gasteiger partial charge in [0.25, 0.3) is 5.89 Å². The number of aryl methyl sites for hydroxylation is 1. The van der Waals surface area contributed by atoms with Crippen LogP contribution in [0.2, 0.25) is 5.02 Å². The number of hydrogen-bond donors (Lipinski definition) is 0. The lowest BCUT2D eigenvalue weighted by molar-refractivity contribution is 0.363. The third kappa shape index (κ3) is 3.49. The molecular formula is C19H17ClN2O2. The molecule has 0 aliphatic carbocycles. The molecule has 3 aromatic rings. The van der Waals surface area contributed by atoms with E-state index in [-0.39, 0.29) is 0 Å². The van der Waals surface area contributed by atoms with Gasteiger partial charge in [0.1, 0.15) is 12.4 Å². The molecule has 5 heteroatoms. The summed E-state index contributed by atoms with van der Waals surface area (Å²) in [6, 6.07) is 13.3. The Kier molecular flexibility index (Phi) is 4.96. The number of allylic oxidation sites excluding steroid dienone is 1. The predicted molar refractivity (Wildman–Crippen MR) is 95.2 cm³/mol. The molecule has 0 atom stereocenters. The van der Waals surface area contributed by atoms with Crippen LogP contribution in [0.3, 0.4) is 0 Å². The average molecular weight is 341 g/mol. The Bertz CT molecular complexity index is 871. The van der Waals surface area contributed by atoms with E-state index in [0.717, 1.165) is 16.7 Å². The topological polar surface area (TPSA) is 48.2 Å². The van der Waals surface area contributed by atoms with Crippen LogP contribution in [-0.2, 0) is 0 Å². The first-order valence-electron chi connectivity index (χ1n) is 7.62. The van der Waals surface area contributed by atoms with Crippen molar-refractivity contribution < 1.29 is 9.26 Å². The van der Waals surface area contributed by atoms with Crippen molar-refractivity contribution in [3.8, 4) is 28.6 Å². The maximum absolute atomic E-state index is 6.27. The molecule has 0 fully saturated rings. The highest BCUT2D eigenvalue weighted by Gasteiger charge is 2.13. The third-order valence-corrected chi connectivity index (χ3v) is 3.86. The summed E-state index contributed by atoms with van der Waals surface area (Å²) < 4.78 is 11.0. The van der Waals surface area contributed by atoms with Crippen molar-refractivity contribution in [2.75, 3.05) is 6.61 Å². The van der Waals surface area contributed by atoms with Crippen molar-refractivity contribution in [2.24, 2.45) is 0 Å². The van der Waals surface area contributed by atoms with Crippen LogP contribution in [0.1, 0.15) is 12.5 Å². The molecule has 0 spiro atoms. The second-order valence-electron chi connectivity index (χ2n) is 5.26. The lowest BCUT2D eigenvalue weighted by Crippen LogP contribution is -1.94. The van der Waals surface area contributed by atoms with E-state index >= 15 is 0 Å². The molecule has 0 aliphatic rings. The van der Waals surface area contributed by atoms with Crippen LogP contribution >= 0.6 is 11.6 Å². The molecule has 0 bridgehead atoms. The number of ether oxygens (including phenoxy) is 1. The van der Waals surface area contributed by atoms with Gasteiger partial charge in [0.05, 0.1) is 5.02 Å². The lowest BCUT2D eigenvalue weighted by Gasteiger charge is -2.06. The van der Waals surface area contributed by atoms with E-state index in [4.69, 9.17) is 20.9 Å². The molecule has 2 aromatic carbocycles. The number of rotatable bonds is 5. The van der Waals surface area contributed by atoms with Crippen LogP contribution in [0.4, 0.5) is 0 Å². The number of hydrogen-bond acceptors (Lipinski definition) is 4. The summed E-state index contributed by atoms with van der Waals surface area (Å²) >= 11 is 6.27. The summed E-state index contributed by atoms with van der Waals surface area (Å²) in [6.07, 6.45) is 3.84. The zero-order valence-electron chi connectivity index (χ0n) is 13.5. The van der Waals surface area contributed by atoms with Gasteiger partial charge in [-0.2, -0.15) is 4.98 Å². The van der Waals surface area contributed by atoms with Crippen molar-refractivity contribution in [1.82, 2.24) is 10.1 Å². The molecular weight excluding hydrogens is 324 g/mol. The van der Waals surface area contributed by atoms with Gasteiger partial charge in [0.15, 0.2) is 0 Å². The van der Waals surface area contributed by atoms with E-state index in [1.54, 1.807) is 6.07 Å². The second-order valence-corrected chi connectivity index (χ2v) is 5.67. The molecule has 4 nitrogen and oxygen atoms in total. The Labute approximate surface area is 145 Å². The first kappa shape index (κ1) is 16.3. The highest BCUT2D eigenvalue weighted by molar-refractivity contribution is 6.32. The molecule has 1 heterocycles. The third-order valence-electron chi connectivity index (χ3n) is 3.56. The molecule has 0 unspecified atom stereocenters. The van der Waals surface area contributed by atoms with E-state index in [9.17, 15) is 0 Å². The molecule has 24 heavy (non-hydrogen) atoms. The molecule has 0 aliphatic heterocycles. The van der Waals surface area contributed by atoms with E-state index in [1.807, 2.05) is 62.4 Å². The molecule has 0 saturated carbocycles. The molecule has 1 aromatic heterocycles. The smallest absolute Gasteiger partial charge is 0.258 e. The van der Waals surface area contributed by atoms with Gasteiger partial charge in [-0.25, -0.2) is 0 Å². The minimum atomic E-state index is 0.481. The van der Waals surface area contributed by atoms with Crippen molar-refractivity contribution >= 4 is 11.6 Å². The summed E-state index contributed by atoms with van der Waals surface area (Å²) in [7, 11) is 0. The summed E-state index contributed by atoms with van der Waals surface area (Å²) in [6.45, 7) is 4.43. The molecule has 0 N–H and O–H groups in total. The standard InChI is InChI=1S/C19H17ClN2O2/c1-3-4-11-23-17-10-9-14(12-16(17)20)18-21-19(24-22-18)15-8-6-5-7-13(15)2/h3-10,12H,11H2,1-2H3. The van der Waals surface area contributed by atoms with E-state index in [0.29, 0.717) is 29.1 Å². The van der Waals surface area contributed by atoms with Crippen LogP contribution in [0.25, 0.3) is 22.8 Å². The van der Waals surface area contributed by atoms with Gasteiger partial charge in [-0.15, -0.1) is 0 Å². The van der Waals surface area contributed by atoms with Crippen molar-refractivity contribution in [3.63, 3.8) is 0 Å². The number of aromatic nitrogens is 2. The minimum absolute atomic E-state index is 0.481. The zero-order valence-corrected chi connectivity index (χ0v) is 14.2. The fourth-order valence-corrected chi connectivity index (χ4v) is 2.49. The van der Waals surface area contributed by atoms with Gasteiger partial charge in [-0.3, -0.25) is 0 Å². The maximum Gasteiger partial charge on any atom is 0.258 e. The Hall–Kier alpha value is -2.59. The molecule has 0 amide bonds. The summed E-state index contributed by atoms with van der Waals surface area (Å²) in [5, 5.41) is 4.57. The summed E-state index contributed by atoms with van der Waals surface area (Å²) in [5.74, 6) is 1.61. The van der Waals surface area contributed by atoms with Gasteiger partial charge in [0.2, 0.25) is 5.82 Å². The van der Waals surface area contributed by atoms with Crippen molar-refractivity contribution in [1.29, 1.82) is 0 Å². The van der Waals surface area contributed by atoms with Crippen molar-refractivity contribution in [3.05, 3.63) is 65.2 Å². The second kappa shape index (κ2) is 7.32. The van der Waals surface area contributed by atoms with E-state index < -0.39 is 0 Å². The molecule has 122 valence electrons. The van der Waals surface area contributed by atoms with Gasteiger partial charge in [-0.05, 0) is 43.7 Å². The fourth-order valence-electron chi connectivity index (χ4n) is 2.25. The fraction of sp³-hybridized carbons (Fsp3) is 0.158. The lowest BCUT2D eigenvalue weighted by atomic mass is 10.1. The Morgan fingerprint density at radius 1 is 1.21 bits per heavy atom. The molecule has 0 radical (unpaired) electrons. The predicted octanol–water partition coefficient (Wildman–Crippen LogP) is 5.32. The minimum Gasteiger partial charge on any atom is -0.488 e. The van der Waals surface area contributed by atoms with Gasteiger partial charge in [0, 0.05) is 11.1 Å². The highest BCUT2D eigenvalue weighted by Crippen LogP contribution is 2.30. The Morgan fingerprint density at radius 2 is 2.04 bits per heavy atom. The van der Waals surface area contributed by atoms with Crippen LogP contribution < -0.4 is 4.74 Å². The first-order chi connectivity index (χ1) is 11.7. The Balaban J connectivity index is 1.85. The van der Waals surface area contributed by atoms with E-state index in [1.165, 1.54) is 0 Å². The number of halogens is 1. The van der Waals surface area contributed by atoms with E-state index in [2.05, 4.69) is 10.1 Å². The van der Waals surface area contributed by atoms with Crippen LogP contribution in [0.5, 0.6) is 5.75 Å². The average Bonchev–Trinajstić information content (AvgIpc) is 3.07.